The van der Waals surface area contributed by atoms with E-state index >= 15 is 0 Å². The summed E-state index contributed by atoms with van der Waals surface area (Å²) in [6.07, 6.45) is -3.59. The van der Waals surface area contributed by atoms with Crippen LogP contribution in [0, 0.1) is 0 Å². The van der Waals surface area contributed by atoms with Gasteiger partial charge in [-0.3, -0.25) is 4.90 Å². The quantitative estimate of drug-likeness (QED) is 0.863. The highest BCUT2D eigenvalue weighted by Gasteiger charge is 2.31. The fourth-order valence-corrected chi connectivity index (χ4v) is 2.81. The molecule has 0 aromatic heterocycles. The van der Waals surface area contributed by atoms with Crippen LogP contribution >= 0.6 is 0 Å². The van der Waals surface area contributed by atoms with Crippen molar-refractivity contribution >= 4 is 6.09 Å². The molecule has 1 saturated heterocycles. The monoisotopic (exact) mass is 374 g/mol. The molecule has 0 bridgehead atoms. The summed E-state index contributed by atoms with van der Waals surface area (Å²) in [5.74, 6) is -0.212. The van der Waals surface area contributed by atoms with E-state index in [4.69, 9.17) is 4.74 Å². The van der Waals surface area contributed by atoms with E-state index in [0.29, 0.717) is 6.54 Å². The van der Waals surface area contributed by atoms with Crippen molar-refractivity contribution in [2.75, 3.05) is 13.1 Å². The molecule has 146 valence electrons. The summed E-state index contributed by atoms with van der Waals surface area (Å²) in [6, 6.07) is 6.05. The molecular weight excluding hydrogens is 349 g/mol. The van der Waals surface area contributed by atoms with Gasteiger partial charge in [0, 0.05) is 25.7 Å². The van der Waals surface area contributed by atoms with E-state index < -0.39 is 18.1 Å². The average molecular weight is 374 g/mol. The molecule has 0 saturated carbocycles. The third-order valence-corrected chi connectivity index (χ3v) is 3.85. The Kier molecular flexibility index (Phi) is 6.39. The number of alkyl carbamates (subject to hydrolysis) is 1. The molecule has 1 N–H and O–H groups in total. The lowest BCUT2D eigenvalue weighted by Crippen LogP contribution is -2.45. The van der Waals surface area contributed by atoms with E-state index in [-0.39, 0.29) is 11.8 Å². The minimum Gasteiger partial charge on any atom is -0.444 e. The highest BCUT2D eigenvalue weighted by atomic mass is 19.4. The first kappa shape index (κ1) is 20.4. The molecule has 0 aliphatic carbocycles. The molecule has 0 spiro atoms. The van der Waals surface area contributed by atoms with Gasteiger partial charge in [0.05, 0.1) is 0 Å². The van der Waals surface area contributed by atoms with Gasteiger partial charge in [-0.2, -0.15) is 0 Å². The van der Waals surface area contributed by atoms with Crippen LogP contribution in [0.2, 0.25) is 0 Å². The highest BCUT2D eigenvalue weighted by molar-refractivity contribution is 5.68. The van der Waals surface area contributed by atoms with Gasteiger partial charge in [-0.05, 0) is 51.3 Å². The highest BCUT2D eigenvalue weighted by Crippen LogP contribution is 2.24. The molecule has 0 radical (unpaired) electrons. The van der Waals surface area contributed by atoms with Crippen LogP contribution in [0.3, 0.4) is 0 Å². The maximum absolute atomic E-state index is 12.3. The molecule has 1 aliphatic rings. The summed E-state index contributed by atoms with van der Waals surface area (Å²) in [5.41, 5.74) is 0.221. The SMILES string of the molecule is CC(C)(C)OC(=O)NC1CCN(Cc2cccc(OC(F)(F)F)c2)CC1. The standard InChI is InChI=1S/C18H25F3N2O3/c1-17(2,3)26-16(24)22-14-7-9-23(10-8-14)12-13-5-4-6-15(11-13)25-18(19,20)21/h4-6,11,14H,7-10,12H2,1-3H3,(H,22,24). The summed E-state index contributed by atoms with van der Waals surface area (Å²) < 4.78 is 46.1. The van der Waals surface area contributed by atoms with E-state index in [1.54, 1.807) is 12.1 Å². The number of benzene rings is 1. The van der Waals surface area contributed by atoms with E-state index in [1.165, 1.54) is 12.1 Å². The molecular formula is C18H25F3N2O3. The summed E-state index contributed by atoms with van der Waals surface area (Å²) in [6.45, 7) is 7.45. The third-order valence-electron chi connectivity index (χ3n) is 3.85. The Morgan fingerprint density at radius 2 is 1.88 bits per heavy atom. The Labute approximate surface area is 151 Å². The number of piperidine rings is 1. The van der Waals surface area contributed by atoms with Crippen molar-refractivity contribution < 1.29 is 27.4 Å². The number of amides is 1. The van der Waals surface area contributed by atoms with Crippen LogP contribution in [0.5, 0.6) is 5.75 Å². The summed E-state index contributed by atoms with van der Waals surface area (Å²) >= 11 is 0. The van der Waals surface area contributed by atoms with Gasteiger partial charge in [0.2, 0.25) is 0 Å². The second-order valence-corrected chi connectivity index (χ2v) is 7.39. The number of rotatable bonds is 4. The van der Waals surface area contributed by atoms with Gasteiger partial charge in [-0.15, -0.1) is 13.2 Å². The predicted octanol–water partition coefficient (Wildman–Crippen LogP) is 4.07. The molecule has 1 heterocycles. The Hall–Kier alpha value is -1.96. The van der Waals surface area contributed by atoms with Gasteiger partial charge in [-0.1, -0.05) is 12.1 Å². The second-order valence-electron chi connectivity index (χ2n) is 7.39. The van der Waals surface area contributed by atoms with E-state index in [1.807, 2.05) is 20.8 Å². The summed E-state index contributed by atoms with van der Waals surface area (Å²) in [5, 5.41) is 2.86. The van der Waals surface area contributed by atoms with Gasteiger partial charge in [0.25, 0.3) is 0 Å². The molecule has 1 fully saturated rings. The third kappa shape index (κ3) is 7.51. The number of hydrogen-bond acceptors (Lipinski definition) is 4. The van der Waals surface area contributed by atoms with Gasteiger partial charge in [0.1, 0.15) is 11.4 Å². The zero-order valence-electron chi connectivity index (χ0n) is 15.2. The first-order valence-corrected chi connectivity index (χ1v) is 8.57. The zero-order chi connectivity index (χ0) is 19.4. The first-order chi connectivity index (χ1) is 12.0. The van der Waals surface area contributed by atoms with Crippen LogP contribution in [0.15, 0.2) is 24.3 Å². The molecule has 1 aromatic rings. The number of carbonyl (C=O) groups excluding carboxylic acids is 1. The van der Waals surface area contributed by atoms with Crippen LogP contribution in [0.25, 0.3) is 0 Å². The van der Waals surface area contributed by atoms with Gasteiger partial charge in [-0.25, -0.2) is 4.79 Å². The van der Waals surface area contributed by atoms with Crippen molar-refractivity contribution in [3.63, 3.8) is 0 Å². The molecule has 5 nitrogen and oxygen atoms in total. The normalized spacial score (nSPS) is 17.0. The first-order valence-electron chi connectivity index (χ1n) is 8.57. The maximum Gasteiger partial charge on any atom is 0.573 e. The lowest BCUT2D eigenvalue weighted by Gasteiger charge is -2.32. The van der Waals surface area contributed by atoms with Gasteiger partial charge >= 0.3 is 12.5 Å². The lowest BCUT2D eigenvalue weighted by atomic mass is 10.0. The number of alkyl halides is 3. The van der Waals surface area contributed by atoms with Crippen molar-refractivity contribution in [3.8, 4) is 5.75 Å². The topological polar surface area (TPSA) is 50.8 Å². The maximum atomic E-state index is 12.3. The molecule has 1 amide bonds. The molecule has 2 rings (SSSR count). The average Bonchev–Trinajstić information content (AvgIpc) is 2.46. The molecule has 1 aromatic carbocycles. The fraction of sp³-hybridized carbons (Fsp3) is 0.611. The Morgan fingerprint density at radius 1 is 1.23 bits per heavy atom. The number of hydrogen-bond donors (Lipinski definition) is 1. The number of likely N-dealkylation sites (tertiary alicyclic amines) is 1. The number of nitrogens with one attached hydrogen (secondary N) is 1. The van der Waals surface area contributed by atoms with Crippen molar-refractivity contribution in [3.05, 3.63) is 29.8 Å². The van der Waals surface area contributed by atoms with E-state index in [0.717, 1.165) is 31.5 Å². The Bertz CT molecular complexity index is 606. The van der Waals surface area contributed by atoms with Crippen molar-refractivity contribution in [2.24, 2.45) is 0 Å². The lowest BCUT2D eigenvalue weighted by molar-refractivity contribution is -0.274. The van der Waals surface area contributed by atoms with Crippen LogP contribution in [-0.4, -0.2) is 42.1 Å². The smallest absolute Gasteiger partial charge is 0.444 e. The van der Waals surface area contributed by atoms with Crippen molar-refractivity contribution in [2.45, 2.75) is 58.2 Å². The second kappa shape index (κ2) is 8.16. The molecule has 0 unspecified atom stereocenters. The van der Waals surface area contributed by atoms with Crippen molar-refractivity contribution in [1.29, 1.82) is 0 Å². The number of halogens is 3. The summed E-state index contributed by atoms with van der Waals surface area (Å²) in [4.78, 5) is 13.9. The van der Waals surface area contributed by atoms with Crippen LogP contribution < -0.4 is 10.1 Å². The molecule has 26 heavy (non-hydrogen) atoms. The van der Waals surface area contributed by atoms with Gasteiger partial charge < -0.3 is 14.8 Å². The fourth-order valence-electron chi connectivity index (χ4n) is 2.81. The van der Waals surface area contributed by atoms with E-state index in [9.17, 15) is 18.0 Å². The Balaban J connectivity index is 1.80. The number of carbonyl (C=O) groups is 1. The number of ether oxygens (including phenoxy) is 2. The minimum atomic E-state index is -4.69. The summed E-state index contributed by atoms with van der Waals surface area (Å²) in [7, 11) is 0. The molecule has 0 atom stereocenters. The van der Waals surface area contributed by atoms with Gasteiger partial charge in [0.15, 0.2) is 0 Å². The van der Waals surface area contributed by atoms with Crippen LogP contribution in [0.4, 0.5) is 18.0 Å². The molecule has 1 aliphatic heterocycles. The number of nitrogens with zero attached hydrogens (tertiary/aromatic N) is 1. The largest absolute Gasteiger partial charge is 0.573 e. The van der Waals surface area contributed by atoms with Crippen molar-refractivity contribution in [1.82, 2.24) is 10.2 Å². The van der Waals surface area contributed by atoms with E-state index in [2.05, 4.69) is 15.0 Å². The minimum absolute atomic E-state index is 0.0426. The predicted molar refractivity (Wildman–Crippen MR) is 90.8 cm³/mol. The van der Waals surface area contributed by atoms with Crippen LogP contribution in [0.1, 0.15) is 39.2 Å². The Morgan fingerprint density at radius 3 is 2.46 bits per heavy atom. The van der Waals surface area contributed by atoms with Crippen LogP contribution in [-0.2, 0) is 11.3 Å². The zero-order valence-corrected chi connectivity index (χ0v) is 15.2. The molecule has 8 heteroatoms.